The van der Waals surface area contributed by atoms with Gasteiger partial charge in [-0.15, -0.1) is 0 Å². The molecule has 2 aromatic heterocycles. The van der Waals surface area contributed by atoms with E-state index in [2.05, 4.69) is 27.6 Å². The molecule has 0 spiro atoms. The lowest BCUT2D eigenvalue weighted by molar-refractivity contribution is 0.0904. The number of rotatable bonds is 4. The molecule has 9 nitrogen and oxygen atoms in total. The first-order valence-corrected chi connectivity index (χ1v) is 10.4. The highest BCUT2D eigenvalue weighted by Gasteiger charge is 2.39. The maximum atomic E-state index is 11.5. The highest BCUT2D eigenvalue weighted by atomic mass is 16.5. The Kier molecular flexibility index (Phi) is 4.74. The van der Waals surface area contributed by atoms with Crippen LogP contribution in [0.2, 0.25) is 0 Å². The Labute approximate surface area is 174 Å². The minimum atomic E-state index is -0.252. The minimum Gasteiger partial charge on any atom is -0.377 e. The first kappa shape index (κ1) is 18.8. The van der Waals surface area contributed by atoms with Crippen LogP contribution in [0.5, 0.6) is 0 Å². The second-order valence-electron chi connectivity index (χ2n) is 7.68. The predicted octanol–water partition coefficient (Wildman–Crippen LogP) is 2.63. The molecule has 3 aromatic rings. The molecule has 5 rings (SSSR count). The molecule has 2 unspecified atom stereocenters. The fraction of sp³-hybridized carbons (Fsp3) is 0.429. The highest BCUT2D eigenvalue weighted by Crippen LogP contribution is 2.37. The molecular formula is C21H25N7O2. The Morgan fingerprint density at radius 2 is 1.90 bits per heavy atom. The normalized spacial score (nSPS) is 20.5. The number of amides is 2. The van der Waals surface area contributed by atoms with Crippen molar-refractivity contribution < 1.29 is 9.53 Å². The zero-order valence-electron chi connectivity index (χ0n) is 17.1. The van der Waals surface area contributed by atoms with Gasteiger partial charge in [0.05, 0.1) is 36.9 Å². The maximum Gasteiger partial charge on any atom is 0.318 e. The zero-order chi connectivity index (χ0) is 20.7. The van der Waals surface area contributed by atoms with Gasteiger partial charge >= 0.3 is 6.03 Å². The van der Waals surface area contributed by atoms with Crippen LogP contribution in [0.15, 0.2) is 30.5 Å². The Morgan fingerprint density at radius 1 is 1.17 bits per heavy atom. The maximum absolute atomic E-state index is 11.5. The topological polar surface area (TPSA) is 97.2 Å². The number of carbonyl (C=O) groups is 1. The van der Waals surface area contributed by atoms with E-state index in [1.807, 2.05) is 35.1 Å². The van der Waals surface area contributed by atoms with Gasteiger partial charge in [0.1, 0.15) is 5.82 Å². The number of fused-ring (bicyclic) bond motifs is 3. The number of hydrogen-bond donors (Lipinski definition) is 2. The predicted molar refractivity (Wildman–Crippen MR) is 115 cm³/mol. The van der Waals surface area contributed by atoms with Gasteiger partial charge in [0.25, 0.3) is 0 Å². The molecule has 2 amide bonds. The van der Waals surface area contributed by atoms with Crippen LogP contribution in [0.25, 0.3) is 22.4 Å². The van der Waals surface area contributed by atoms with Crippen molar-refractivity contribution in [3.63, 3.8) is 0 Å². The average Bonchev–Trinajstić information content (AvgIpc) is 3.30. The summed E-state index contributed by atoms with van der Waals surface area (Å²) in [5.41, 5.74) is 2.45. The van der Waals surface area contributed by atoms with Gasteiger partial charge in [-0.3, -0.25) is 0 Å². The number of hydrogen-bond acceptors (Lipinski definition) is 6. The fourth-order valence-corrected chi connectivity index (χ4v) is 4.37. The van der Waals surface area contributed by atoms with E-state index in [9.17, 15) is 4.79 Å². The number of anilines is 2. The largest absolute Gasteiger partial charge is 0.377 e. The number of aryl methyl sites for hydroxylation is 1. The van der Waals surface area contributed by atoms with Crippen LogP contribution >= 0.6 is 0 Å². The van der Waals surface area contributed by atoms with Crippen LogP contribution in [0.4, 0.5) is 16.3 Å². The molecule has 1 aromatic carbocycles. The van der Waals surface area contributed by atoms with Gasteiger partial charge in [0.2, 0.25) is 0 Å². The first-order chi connectivity index (χ1) is 14.7. The summed E-state index contributed by atoms with van der Waals surface area (Å²) in [6, 6.07) is 8.00. The minimum absolute atomic E-state index is 0.252. The summed E-state index contributed by atoms with van der Waals surface area (Å²) >= 11 is 0. The number of aromatic nitrogens is 4. The average molecular weight is 407 g/mol. The molecule has 4 heterocycles. The van der Waals surface area contributed by atoms with E-state index in [0.717, 1.165) is 55.0 Å². The van der Waals surface area contributed by atoms with Crippen molar-refractivity contribution in [1.29, 1.82) is 0 Å². The van der Waals surface area contributed by atoms with Crippen molar-refractivity contribution >= 4 is 28.6 Å². The summed E-state index contributed by atoms with van der Waals surface area (Å²) in [6.07, 6.45) is 4.11. The van der Waals surface area contributed by atoms with Crippen molar-refractivity contribution in [2.45, 2.75) is 38.4 Å². The van der Waals surface area contributed by atoms with Gasteiger partial charge in [-0.05, 0) is 44.0 Å². The SMILES string of the molecule is CCn1ncc2c(N3C4CCC3COC4)nc(-c3ccc(NC(=O)NC)cc3)nc21. The van der Waals surface area contributed by atoms with Crippen LogP contribution in [0.1, 0.15) is 19.8 Å². The highest BCUT2D eigenvalue weighted by molar-refractivity contribution is 5.90. The standard InChI is InChI=1S/C21H25N7O2/c1-3-27-19-17(10-23-27)20(28-15-8-9-16(28)12-30-11-15)26-18(25-19)13-4-6-14(7-5-13)24-21(29)22-2/h4-7,10,15-16H,3,8-9,11-12H2,1-2H3,(H2,22,24,29). The number of nitrogens with one attached hydrogen (secondary N) is 2. The Morgan fingerprint density at radius 3 is 2.57 bits per heavy atom. The molecule has 2 bridgehead atoms. The van der Waals surface area contributed by atoms with Gasteiger partial charge in [-0.25, -0.2) is 19.4 Å². The lowest BCUT2D eigenvalue weighted by Crippen LogP contribution is -2.46. The molecule has 2 fully saturated rings. The zero-order valence-corrected chi connectivity index (χ0v) is 17.1. The monoisotopic (exact) mass is 407 g/mol. The van der Waals surface area contributed by atoms with Crippen LogP contribution < -0.4 is 15.5 Å². The number of benzene rings is 1. The van der Waals surface area contributed by atoms with Gasteiger partial charge in [0, 0.05) is 24.8 Å². The van der Waals surface area contributed by atoms with Crippen LogP contribution in [-0.4, -0.2) is 58.1 Å². The molecule has 2 aliphatic rings. The number of nitrogens with zero attached hydrogens (tertiary/aromatic N) is 5. The lowest BCUT2D eigenvalue weighted by atomic mass is 10.1. The van der Waals surface area contributed by atoms with Gasteiger partial charge in [0.15, 0.2) is 11.5 Å². The summed E-state index contributed by atoms with van der Waals surface area (Å²) < 4.78 is 7.68. The van der Waals surface area contributed by atoms with Crippen molar-refractivity contribution in [3.8, 4) is 11.4 Å². The van der Waals surface area contributed by atoms with Gasteiger partial charge in [-0.1, -0.05) is 0 Å². The van der Waals surface area contributed by atoms with Gasteiger partial charge in [-0.2, -0.15) is 5.10 Å². The van der Waals surface area contributed by atoms with E-state index in [0.29, 0.717) is 23.6 Å². The quantitative estimate of drug-likeness (QED) is 0.690. The molecule has 0 saturated carbocycles. The third kappa shape index (κ3) is 3.15. The second kappa shape index (κ2) is 7.56. The van der Waals surface area contributed by atoms with E-state index in [4.69, 9.17) is 14.7 Å². The molecule has 0 aliphatic carbocycles. The summed E-state index contributed by atoms with van der Waals surface area (Å²) in [5, 5.41) is 10.8. The van der Waals surface area contributed by atoms with Crippen LogP contribution in [0.3, 0.4) is 0 Å². The first-order valence-electron chi connectivity index (χ1n) is 10.4. The lowest BCUT2D eigenvalue weighted by Gasteiger charge is -2.36. The summed E-state index contributed by atoms with van der Waals surface area (Å²) in [6.45, 7) is 4.27. The third-order valence-corrected chi connectivity index (χ3v) is 5.89. The van der Waals surface area contributed by atoms with E-state index in [1.54, 1.807) is 7.05 Å². The smallest absolute Gasteiger partial charge is 0.318 e. The third-order valence-electron chi connectivity index (χ3n) is 5.89. The molecule has 9 heteroatoms. The number of ether oxygens (including phenoxy) is 1. The Hall–Kier alpha value is -3.20. The van der Waals surface area contributed by atoms with E-state index in [-0.39, 0.29) is 6.03 Å². The molecule has 156 valence electrons. The van der Waals surface area contributed by atoms with E-state index < -0.39 is 0 Å². The fourth-order valence-electron chi connectivity index (χ4n) is 4.37. The molecule has 2 atom stereocenters. The second-order valence-corrected chi connectivity index (χ2v) is 7.68. The molecule has 2 aliphatic heterocycles. The molecule has 2 saturated heterocycles. The van der Waals surface area contributed by atoms with E-state index >= 15 is 0 Å². The van der Waals surface area contributed by atoms with Crippen LogP contribution in [-0.2, 0) is 11.3 Å². The molecule has 2 N–H and O–H groups in total. The molecule has 30 heavy (non-hydrogen) atoms. The van der Waals surface area contributed by atoms with Crippen molar-refractivity contribution in [2.24, 2.45) is 0 Å². The number of carbonyl (C=O) groups excluding carboxylic acids is 1. The van der Waals surface area contributed by atoms with Gasteiger partial charge < -0.3 is 20.3 Å². The summed E-state index contributed by atoms with van der Waals surface area (Å²) in [4.78, 5) is 23.8. The Bertz CT molecular complexity index is 1060. The van der Waals surface area contributed by atoms with Crippen molar-refractivity contribution in [2.75, 3.05) is 30.5 Å². The van der Waals surface area contributed by atoms with Crippen LogP contribution in [0, 0.1) is 0 Å². The summed E-state index contributed by atoms with van der Waals surface area (Å²) in [5.74, 6) is 1.60. The number of morpholine rings is 1. The summed E-state index contributed by atoms with van der Waals surface area (Å²) in [7, 11) is 1.59. The van der Waals surface area contributed by atoms with Crippen molar-refractivity contribution in [3.05, 3.63) is 30.5 Å². The van der Waals surface area contributed by atoms with Crippen molar-refractivity contribution in [1.82, 2.24) is 25.1 Å². The molecule has 0 radical (unpaired) electrons. The molecular weight excluding hydrogens is 382 g/mol. The Balaban J connectivity index is 1.58. The van der Waals surface area contributed by atoms with E-state index in [1.165, 1.54) is 0 Å². The number of urea groups is 1.